The van der Waals surface area contributed by atoms with E-state index in [0.29, 0.717) is 11.3 Å². The van der Waals surface area contributed by atoms with E-state index >= 15 is 0 Å². The van der Waals surface area contributed by atoms with Crippen LogP contribution in [-0.4, -0.2) is 32.0 Å². The van der Waals surface area contributed by atoms with E-state index < -0.39 is 17.6 Å². The Labute approximate surface area is 237 Å². The summed E-state index contributed by atoms with van der Waals surface area (Å²) >= 11 is 0. The van der Waals surface area contributed by atoms with Crippen LogP contribution in [0.25, 0.3) is 0 Å². The lowest BCUT2D eigenvalue weighted by atomic mass is 9.65. The first-order valence-electron chi connectivity index (χ1n) is 14.2. The van der Waals surface area contributed by atoms with E-state index in [1.165, 1.54) is 11.0 Å². The van der Waals surface area contributed by atoms with Crippen LogP contribution in [0.2, 0.25) is 0 Å². The number of aromatic nitrogens is 3. The number of nitrogens with zero attached hydrogens (tertiary/aromatic N) is 4. The first kappa shape index (κ1) is 27.6. The van der Waals surface area contributed by atoms with Crippen LogP contribution in [0.4, 0.5) is 18.9 Å². The molecule has 2 heterocycles. The molecule has 10 heteroatoms. The van der Waals surface area contributed by atoms with E-state index in [2.05, 4.69) is 22.4 Å². The number of anilines is 1. The number of Topliss-reactive ketones (excluding diaryl/α,β-unsaturated/α-hetero) is 1. The molecule has 41 heavy (non-hydrogen) atoms. The number of aryl methyl sites for hydroxylation is 1. The van der Waals surface area contributed by atoms with Crippen LogP contribution in [0.3, 0.4) is 0 Å². The first-order chi connectivity index (χ1) is 19.4. The van der Waals surface area contributed by atoms with Crippen molar-refractivity contribution in [2.45, 2.75) is 76.7 Å². The van der Waals surface area contributed by atoms with Gasteiger partial charge in [0.2, 0.25) is 0 Å². The molecule has 1 aliphatic heterocycles. The van der Waals surface area contributed by atoms with Crippen LogP contribution >= 0.6 is 0 Å². The number of alkyl halides is 3. The summed E-state index contributed by atoms with van der Waals surface area (Å²) in [5.41, 5.74) is 1.18. The fraction of sp³-hybridized carbons (Fsp3) is 0.484. The van der Waals surface area contributed by atoms with Crippen LogP contribution in [0.15, 0.2) is 42.7 Å². The maximum atomic E-state index is 14.2. The third-order valence-corrected chi connectivity index (χ3v) is 9.37. The molecule has 1 aromatic heterocycles. The number of benzene rings is 2. The molecule has 1 amide bonds. The maximum absolute atomic E-state index is 14.2. The number of nitrogens with one attached hydrogen (secondary N) is 1. The van der Waals surface area contributed by atoms with Crippen molar-refractivity contribution in [2.24, 2.45) is 18.9 Å². The number of halogens is 3. The predicted octanol–water partition coefficient (Wildman–Crippen LogP) is 5.77. The Balaban J connectivity index is 1.32. The highest BCUT2D eigenvalue weighted by Crippen LogP contribution is 2.47. The Morgan fingerprint density at radius 3 is 2.56 bits per heavy atom. The molecule has 2 saturated carbocycles. The average molecular weight is 566 g/mol. The van der Waals surface area contributed by atoms with Gasteiger partial charge in [0.1, 0.15) is 17.9 Å². The lowest BCUT2D eigenvalue weighted by Gasteiger charge is -2.39. The van der Waals surface area contributed by atoms with Crippen LogP contribution < -0.4 is 10.2 Å². The Morgan fingerprint density at radius 1 is 1.20 bits per heavy atom. The normalized spacial score (nSPS) is 22.2. The van der Waals surface area contributed by atoms with E-state index in [1.807, 2.05) is 29.8 Å². The largest absolute Gasteiger partial charge is 0.416 e. The van der Waals surface area contributed by atoms with Gasteiger partial charge in [-0.15, -0.1) is 10.2 Å². The molecule has 1 N–H and O–H groups in total. The van der Waals surface area contributed by atoms with Gasteiger partial charge in [0.25, 0.3) is 5.91 Å². The summed E-state index contributed by atoms with van der Waals surface area (Å²) in [6.45, 7) is 3.81. The molecule has 0 saturated heterocycles. The van der Waals surface area contributed by atoms with Gasteiger partial charge in [-0.2, -0.15) is 13.2 Å². The van der Waals surface area contributed by atoms with E-state index in [1.54, 1.807) is 25.4 Å². The van der Waals surface area contributed by atoms with Crippen molar-refractivity contribution in [1.29, 1.82) is 0 Å². The summed E-state index contributed by atoms with van der Waals surface area (Å²) in [7, 11) is 1.87. The van der Waals surface area contributed by atoms with Crippen LogP contribution in [0.1, 0.15) is 90.3 Å². The van der Waals surface area contributed by atoms with Crippen LogP contribution in [0, 0.1) is 11.8 Å². The molecule has 6 rings (SSSR count). The minimum absolute atomic E-state index is 0.0136. The van der Waals surface area contributed by atoms with E-state index in [-0.39, 0.29) is 53.3 Å². The molecule has 2 aromatic carbocycles. The minimum Gasteiger partial charge on any atom is -0.320 e. The third kappa shape index (κ3) is 5.07. The number of hydrogen-bond donors (Lipinski definition) is 1. The fourth-order valence-electron chi connectivity index (χ4n) is 6.59. The molecule has 2 aliphatic carbocycles. The Hall–Kier alpha value is -3.53. The molecule has 1 atom stereocenters. The molecule has 0 spiro atoms. The van der Waals surface area contributed by atoms with Crippen molar-refractivity contribution in [2.75, 3.05) is 4.90 Å². The quantitative estimate of drug-likeness (QED) is 0.375. The molecule has 3 aromatic rings. The van der Waals surface area contributed by atoms with Crippen molar-refractivity contribution in [3.05, 3.63) is 76.4 Å². The molecule has 0 bridgehead atoms. The van der Waals surface area contributed by atoms with E-state index in [0.717, 1.165) is 43.5 Å². The van der Waals surface area contributed by atoms with Crippen molar-refractivity contribution in [1.82, 2.24) is 20.1 Å². The molecule has 7 nitrogen and oxygen atoms in total. The molecule has 216 valence electrons. The standard InChI is InChI=1S/C31H34F3N5O2/c1-18(40)21-12-22(13-21)27(28-37-36-17-38(28)3)20-6-4-7-23(14-20)39-16-25-24(29(39)41)10-19(11-26(25)31(32,33)34)15-35-30(2)8-5-9-30/h4,6-7,10-11,14,17,21-22,27,35H,5,8-9,12-13,15-16H2,1-3H3/t21-,22+,27?. The molecule has 1 unspecified atom stereocenters. The second-order valence-corrected chi connectivity index (χ2v) is 12.2. The summed E-state index contributed by atoms with van der Waals surface area (Å²) in [6, 6.07) is 10.2. The molecule has 2 fully saturated rings. The van der Waals surface area contributed by atoms with Crippen LogP contribution in [0.5, 0.6) is 0 Å². The van der Waals surface area contributed by atoms with E-state index in [9.17, 15) is 22.8 Å². The summed E-state index contributed by atoms with van der Waals surface area (Å²) in [5.74, 6) is 0.512. The Morgan fingerprint density at radius 2 is 1.95 bits per heavy atom. The zero-order valence-corrected chi connectivity index (χ0v) is 23.5. The zero-order valence-electron chi connectivity index (χ0n) is 23.5. The topological polar surface area (TPSA) is 80.1 Å². The monoisotopic (exact) mass is 565 g/mol. The average Bonchev–Trinajstić information content (AvgIpc) is 3.45. The van der Waals surface area contributed by atoms with Gasteiger partial charge in [0.05, 0.1) is 12.1 Å². The van der Waals surface area contributed by atoms with Gasteiger partial charge in [-0.1, -0.05) is 12.1 Å². The predicted molar refractivity (Wildman–Crippen MR) is 147 cm³/mol. The van der Waals surface area contributed by atoms with Crippen molar-refractivity contribution in [3.8, 4) is 0 Å². The second-order valence-electron chi connectivity index (χ2n) is 12.2. The smallest absolute Gasteiger partial charge is 0.320 e. The number of hydrogen-bond acceptors (Lipinski definition) is 5. The fourth-order valence-corrected chi connectivity index (χ4v) is 6.59. The summed E-state index contributed by atoms with van der Waals surface area (Å²) in [5, 5.41) is 11.8. The van der Waals surface area contributed by atoms with Gasteiger partial charge in [0, 0.05) is 42.2 Å². The number of fused-ring (bicyclic) bond motifs is 1. The van der Waals surface area contributed by atoms with Gasteiger partial charge in [-0.3, -0.25) is 9.59 Å². The van der Waals surface area contributed by atoms with Gasteiger partial charge in [-0.25, -0.2) is 0 Å². The zero-order chi connectivity index (χ0) is 29.1. The second kappa shape index (κ2) is 10.1. The van der Waals surface area contributed by atoms with Gasteiger partial charge >= 0.3 is 6.18 Å². The van der Waals surface area contributed by atoms with Crippen molar-refractivity contribution < 1.29 is 22.8 Å². The van der Waals surface area contributed by atoms with E-state index in [4.69, 9.17) is 0 Å². The molecular formula is C31H34F3N5O2. The number of rotatable bonds is 8. The van der Waals surface area contributed by atoms with Crippen molar-refractivity contribution >= 4 is 17.4 Å². The molecular weight excluding hydrogens is 531 g/mol. The van der Waals surface area contributed by atoms with Gasteiger partial charge < -0.3 is 14.8 Å². The maximum Gasteiger partial charge on any atom is 0.416 e. The molecule has 3 aliphatic rings. The number of carbonyl (C=O) groups is 2. The summed E-state index contributed by atoms with van der Waals surface area (Å²) in [6.07, 6.45) is 1.59. The number of ketones is 1. The van der Waals surface area contributed by atoms with Crippen LogP contribution in [-0.2, 0) is 31.1 Å². The number of carbonyl (C=O) groups excluding carboxylic acids is 2. The summed E-state index contributed by atoms with van der Waals surface area (Å²) in [4.78, 5) is 27.0. The van der Waals surface area contributed by atoms with Gasteiger partial charge in [-0.05, 0) is 92.8 Å². The number of amides is 1. The Bertz CT molecular complexity index is 1500. The third-order valence-electron chi connectivity index (χ3n) is 9.37. The minimum atomic E-state index is -4.58. The highest BCUT2D eigenvalue weighted by atomic mass is 19.4. The Kier molecular flexibility index (Phi) is 6.79. The highest BCUT2D eigenvalue weighted by Gasteiger charge is 2.43. The highest BCUT2D eigenvalue weighted by molar-refractivity contribution is 6.10. The lowest BCUT2D eigenvalue weighted by Crippen LogP contribution is -2.47. The SMILES string of the molecule is CC(=O)[C@H]1C[C@@H](C(c2cccc(N3Cc4c(cc(CNC5(C)CCC5)cc4C(F)(F)F)C3=O)c2)c2nncn2C)C1. The van der Waals surface area contributed by atoms with Gasteiger partial charge in [0.15, 0.2) is 0 Å². The first-order valence-corrected chi connectivity index (χ1v) is 14.2. The lowest BCUT2D eigenvalue weighted by molar-refractivity contribution is -0.138. The molecule has 0 radical (unpaired) electrons. The summed E-state index contributed by atoms with van der Waals surface area (Å²) < 4.78 is 44.5. The van der Waals surface area contributed by atoms with Crippen molar-refractivity contribution in [3.63, 3.8) is 0 Å².